The summed E-state index contributed by atoms with van der Waals surface area (Å²) in [4.78, 5) is 59.1. The third-order valence-electron chi connectivity index (χ3n) is 7.77. The highest BCUT2D eigenvalue weighted by atomic mass is 16.5. The van der Waals surface area contributed by atoms with E-state index in [1.165, 1.54) is 18.2 Å². The highest BCUT2D eigenvalue weighted by molar-refractivity contribution is 5.96. The van der Waals surface area contributed by atoms with Crippen LogP contribution in [0, 0.1) is 6.92 Å². The molecule has 6 bridgehead atoms. The van der Waals surface area contributed by atoms with Gasteiger partial charge in [0, 0.05) is 24.8 Å². The number of H-pyrrole nitrogens is 1. The first kappa shape index (κ1) is 29.4. The molecule has 3 N–H and O–H groups in total. The molecule has 45 heavy (non-hydrogen) atoms. The monoisotopic (exact) mass is 609 g/mol. The second-order valence-corrected chi connectivity index (χ2v) is 10.9. The van der Waals surface area contributed by atoms with Gasteiger partial charge in [0.05, 0.1) is 25.9 Å². The van der Waals surface area contributed by atoms with E-state index in [9.17, 15) is 19.2 Å². The molecule has 7 rings (SSSR count). The summed E-state index contributed by atoms with van der Waals surface area (Å²) in [5.74, 6) is 0.295. The highest BCUT2D eigenvalue weighted by Gasteiger charge is 2.39. The molecule has 12 nitrogen and oxygen atoms in total. The average molecular weight is 610 g/mol. The van der Waals surface area contributed by atoms with Crippen LogP contribution in [-0.4, -0.2) is 71.5 Å². The van der Waals surface area contributed by atoms with Crippen LogP contribution >= 0.6 is 0 Å². The van der Waals surface area contributed by atoms with Gasteiger partial charge >= 0.3 is 0 Å². The Morgan fingerprint density at radius 3 is 2.69 bits per heavy atom. The van der Waals surface area contributed by atoms with E-state index in [0.29, 0.717) is 22.8 Å². The summed E-state index contributed by atoms with van der Waals surface area (Å²) in [6.45, 7) is 2.29. The van der Waals surface area contributed by atoms with E-state index in [0.717, 1.165) is 28.5 Å². The minimum Gasteiger partial charge on any atom is -0.493 e. The van der Waals surface area contributed by atoms with Gasteiger partial charge in [-0.1, -0.05) is 24.3 Å². The molecule has 3 aromatic carbocycles. The minimum atomic E-state index is -0.649. The second kappa shape index (κ2) is 12.5. The molecule has 230 valence electrons. The molecule has 4 aromatic rings. The van der Waals surface area contributed by atoms with Crippen molar-refractivity contribution in [3.63, 3.8) is 0 Å². The molecule has 2 atom stereocenters. The molecule has 4 heterocycles. The first-order valence-corrected chi connectivity index (χ1v) is 14.4. The lowest BCUT2D eigenvalue weighted by Crippen LogP contribution is -2.45. The number of benzene rings is 3. The molecule has 3 aliphatic heterocycles. The van der Waals surface area contributed by atoms with Gasteiger partial charge in [0.15, 0.2) is 18.1 Å². The maximum absolute atomic E-state index is 13.7. The molecule has 12 heteroatoms. The van der Waals surface area contributed by atoms with Crippen LogP contribution in [0.25, 0.3) is 11.1 Å². The minimum absolute atomic E-state index is 0.0658. The molecule has 0 spiro atoms. The van der Waals surface area contributed by atoms with Gasteiger partial charge in [0.1, 0.15) is 17.5 Å². The number of hydrogen-bond donors (Lipinski definition) is 3. The first-order valence-electron chi connectivity index (χ1n) is 14.4. The fourth-order valence-electron chi connectivity index (χ4n) is 5.38. The maximum Gasteiger partial charge on any atom is 0.274 e. The van der Waals surface area contributed by atoms with Crippen molar-refractivity contribution in [3.05, 3.63) is 106 Å². The van der Waals surface area contributed by atoms with Gasteiger partial charge in [-0.15, -0.1) is 0 Å². The largest absolute Gasteiger partial charge is 0.493 e. The Labute approximate surface area is 258 Å². The summed E-state index contributed by atoms with van der Waals surface area (Å²) in [6.07, 6.45) is 1.66. The van der Waals surface area contributed by atoms with Crippen molar-refractivity contribution in [3.8, 4) is 28.4 Å². The van der Waals surface area contributed by atoms with Crippen LogP contribution in [0.5, 0.6) is 17.2 Å². The zero-order chi connectivity index (χ0) is 31.5. The molecule has 1 fully saturated rings. The number of nitrogens with one attached hydrogen (secondary N) is 3. The zero-order valence-corrected chi connectivity index (χ0v) is 24.7. The van der Waals surface area contributed by atoms with Crippen LogP contribution in [-0.2, 0) is 11.3 Å². The zero-order valence-electron chi connectivity index (χ0n) is 24.7. The number of aryl methyl sites for hydroxylation is 1. The van der Waals surface area contributed by atoms with E-state index in [-0.39, 0.29) is 43.7 Å². The van der Waals surface area contributed by atoms with Gasteiger partial charge in [0.2, 0.25) is 0 Å². The van der Waals surface area contributed by atoms with Crippen molar-refractivity contribution in [2.45, 2.75) is 25.6 Å². The highest BCUT2D eigenvalue weighted by Crippen LogP contribution is 2.32. The van der Waals surface area contributed by atoms with Crippen molar-refractivity contribution in [2.24, 2.45) is 0 Å². The molecular formula is C33H31N5O7. The molecule has 0 aliphatic carbocycles. The fourth-order valence-corrected chi connectivity index (χ4v) is 5.38. The number of aromatic amines is 1. The smallest absolute Gasteiger partial charge is 0.274 e. The number of nitrogens with zero attached hydrogens (tertiary/aromatic N) is 2. The number of methoxy groups -OCH3 is 1. The van der Waals surface area contributed by atoms with E-state index in [1.807, 2.05) is 31.2 Å². The Hall–Kier alpha value is -5.65. The Bertz CT molecular complexity index is 1820. The Kier molecular flexibility index (Phi) is 8.19. The second-order valence-electron chi connectivity index (χ2n) is 10.9. The van der Waals surface area contributed by atoms with Crippen LogP contribution in [0.2, 0.25) is 0 Å². The standard InChI is InChI=1S/C33H31N5O7/c1-19-6-8-22-12-24(19)21-4-3-5-23(11-21)44-18-31(40)35-13-20-7-9-27(28(10-20)43-2)45-29-17-38(16-26(29)37-32(22)41)33(42)25-14-36-30(39)15-34-25/h3-12,14-15,26,29H,13,16-18H2,1-2H3,(H,35,40)(H,36,39)(H,37,41)/t26-,29-/m0/s1. The van der Waals surface area contributed by atoms with E-state index in [4.69, 9.17) is 14.2 Å². The Morgan fingerprint density at radius 2 is 1.89 bits per heavy atom. The van der Waals surface area contributed by atoms with E-state index < -0.39 is 23.6 Å². The Morgan fingerprint density at radius 1 is 1.02 bits per heavy atom. The lowest BCUT2D eigenvalue weighted by molar-refractivity contribution is -0.123. The molecule has 0 unspecified atom stereocenters. The van der Waals surface area contributed by atoms with Gasteiger partial charge in [-0.3, -0.25) is 19.2 Å². The van der Waals surface area contributed by atoms with Gasteiger partial charge in [-0.2, -0.15) is 0 Å². The number of likely N-dealkylation sites (tertiary alicyclic amines) is 1. The molecule has 0 radical (unpaired) electrons. The van der Waals surface area contributed by atoms with Crippen molar-refractivity contribution < 1.29 is 28.6 Å². The van der Waals surface area contributed by atoms with Gasteiger partial charge in [-0.05, 0) is 65.6 Å². The predicted octanol–water partition coefficient (Wildman–Crippen LogP) is 2.46. The fraction of sp³-hybridized carbons (Fsp3) is 0.242. The quantitative estimate of drug-likeness (QED) is 0.314. The van der Waals surface area contributed by atoms with Crippen LogP contribution in [0.3, 0.4) is 0 Å². The molecular weight excluding hydrogens is 578 g/mol. The maximum atomic E-state index is 13.7. The van der Waals surface area contributed by atoms with Crippen molar-refractivity contribution in [1.82, 2.24) is 25.5 Å². The summed E-state index contributed by atoms with van der Waals surface area (Å²) in [6, 6.07) is 17.4. The number of hydrogen-bond acceptors (Lipinski definition) is 8. The topological polar surface area (TPSA) is 152 Å². The molecule has 3 aliphatic rings. The lowest BCUT2D eigenvalue weighted by atomic mass is 9.97. The predicted molar refractivity (Wildman–Crippen MR) is 163 cm³/mol. The third-order valence-corrected chi connectivity index (χ3v) is 7.77. The van der Waals surface area contributed by atoms with E-state index >= 15 is 0 Å². The van der Waals surface area contributed by atoms with Crippen molar-refractivity contribution >= 4 is 17.7 Å². The van der Waals surface area contributed by atoms with E-state index in [2.05, 4.69) is 20.6 Å². The number of carbonyl (C=O) groups excluding carboxylic acids is 3. The van der Waals surface area contributed by atoms with Crippen LogP contribution in [0.1, 0.15) is 32.0 Å². The van der Waals surface area contributed by atoms with Crippen LogP contribution in [0.15, 0.2) is 77.9 Å². The molecule has 0 saturated carbocycles. The average Bonchev–Trinajstić information content (AvgIpc) is 3.44. The number of ether oxygens (including phenoxy) is 3. The number of aromatic nitrogens is 2. The number of fused-ring (bicyclic) bond motifs is 7. The molecule has 1 aromatic heterocycles. The Balaban J connectivity index is 1.36. The summed E-state index contributed by atoms with van der Waals surface area (Å²) in [5, 5.41) is 5.92. The SMILES string of the molecule is COc1cc2ccc1O[C@H]1CN(C(=O)c3c[nH]c(=O)cn3)C[C@@H]1NC(=O)c1ccc(C)c(c1)-c1cccc(c1)OCC(=O)NC2. The lowest BCUT2D eigenvalue weighted by Gasteiger charge is -2.23. The molecule has 1 saturated heterocycles. The van der Waals surface area contributed by atoms with Crippen molar-refractivity contribution in [2.75, 3.05) is 26.8 Å². The summed E-state index contributed by atoms with van der Waals surface area (Å²) in [5.41, 5.74) is 3.44. The van der Waals surface area contributed by atoms with Gasteiger partial charge < -0.3 is 34.7 Å². The van der Waals surface area contributed by atoms with Crippen LogP contribution < -0.4 is 30.4 Å². The number of amides is 3. The number of rotatable bonds is 2. The summed E-state index contributed by atoms with van der Waals surface area (Å²) < 4.78 is 17.7. The summed E-state index contributed by atoms with van der Waals surface area (Å²) in [7, 11) is 1.51. The summed E-state index contributed by atoms with van der Waals surface area (Å²) >= 11 is 0. The molecule has 3 amide bonds. The third kappa shape index (κ3) is 6.49. The van der Waals surface area contributed by atoms with Gasteiger partial charge in [0.25, 0.3) is 23.3 Å². The first-order chi connectivity index (χ1) is 21.8. The number of carbonyl (C=O) groups is 3. The van der Waals surface area contributed by atoms with Gasteiger partial charge in [-0.25, -0.2) is 4.98 Å². The van der Waals surface area contributed by atoms with E-state index in [1.54, 1.807) is 36.4 Å². The van der Waals surface area contributed by atoms with Crippen molar-refractivity contribution in [1.29, 1.82) is 0 Å². The van der Waals surface area contributed by atoms with Crippen LogP contribution in [0.4, 0.5) is 0 Å². The normalized spacial score (nSPS) is 18.1.